The van der Waals surface area contributed by atoms with Crippen LogP contribution in [0.1, 0.15) is 44.2 Å². The summed E-state index contributed by atoms with van der Waals surface area (Å²) in [7, 11) is 0. The Balaban J connectivity index is 2.58. The molecule has 0 aliphatic heterocycles. The van der Waals surface area contributed by atoms with E-state index >= 15 is 0 Å². The molecule has 0 fully saturated rings. The van der Waals surface area contributed by atoms with E-state index in [1.165, 1.54) is 16.7 Å². The summed E-state index contributed by atoms with van der Waals surface area (Å²) in [5.41, 5.74) is 3.84. The third-order valence-electron chi connectivity index (χ3n) is 2.59. The predicted molar refractivity (Wildman–Crippen MR) is 71.0 cm³/mol. The molecule has 0 amide bonds. The summed E-state index contributed by atoms with van der Waals surface area (Å²) in [6, 6.07) is 8.31. The lowest BCUT2D eigenvalue weighted by Crippen LogP contribution is -1.96. The average Bonchev–Trinajstić information content (AvgIpc) is 2.25. The Bertz CT molecular complexity index is 401. The smallest absolute Gasteiger partial charge is 0.303 e. The van der Waals surface area contributed by atoms with Gasteiger partial charge in [0.25, 0.3) is 0 Å². The second-order valence-corrected chi connectivity index (χ2v) is 4.52. The molecule has 92 valence electrons. The fraction of sp³-hybridized carbons (Fsp3) is 0.400. The second-order valence-electron chi connectivity index (χ2n) is 4.52. The van der Waals surface area contributed by atoms with Gasteiger partial charge in [-0.1, -0.05) is 35.9 Å². The highest BCUT2D eigenvalue weighted by Crippen LogP contribution is 2.16. The number of rotatable bonds is 6. The van der Waals surface area contributed by atoms with Gasteiger partial charge < -0.3 is 5.11 Å². The van der Waals surface area contributed by atoms with Crippen LogP contribution >= 0.6 is 0 Å². The maximum atomic E-state index is 10.4. The molecule has 0 saturated carbocycles. The fourth-order valence-electron chi connectivity index (χ4n) is 1.81. The standard InChI is InChI=1S/C15H20O2/c1-12(2)11-14-9-4-3-7-13(14)8-5-6-10-15(16)17/h3-4,7,9,11H,5-6,8,10H2,1-2H3,(H,16,17). The molecule has 1 N–H and O–H groups in total. The van der Waals surface area contributed by atoms with Crippen molar-refractivity contribution < 1.29 is 9.90 Å². The monoisotopic (exact) mass is 232 g/mol. The molecule has 2 nitrogen and oxygen atoms in total. The highest BCUT2D eigenvalue weighted by molar-refractivity contribution is 5.66. The summed E-state index contributed by atoms with van der Waals surface area (Å²) < 4.78 is 0. The lowest BCUT2D eigenvalue weighted by Gasteiger charge is -2.06. The van der Waals surface area contributed by atoms with Crippen molar-refractivity contribution in [2.24, 2.45) is 0 Å². The Morgan fingerprint density at radius 2 is 1.94 bits per heavy atom. The second kappa shape index (κ2) is 6.89. The Kier molecular flexibility index (Phi) is 5.47. The first kappa shape index (κ1) is 13.5. The molecule has 1 rings (SSSR count). The Morgan fingerprint density at radius 1 is 1.24 bits per heavy atom. The van der Waals surface area contributed by atoms with Gasteiger partial charge in [0.05, 0.1) is 0 Å². The molecular formula is C15H20O2. The van der Waals surface area contributed by atoms with Crippen molar-refractivity contribution in [3.05, 3.63) is 41.0 Å². The summed E-state index contributed by atoms with van der Waals surface area (Å²) >= 11 is 0. The molecule has 0 aliphatic rings. The summed E-state index contributed by atoms with van der Waals surface area (Å²) in [4.78, 5) is 10.4. The van der Waals surface area contributed by atoms with Crippen LogP contribution < -0.4 is 0 Å². The Morgan fingerprint density at radius 3 is 2.59 bits per heavy atom. The van der Waals surface area contributed by atoms with Gasteiger partial charge in [-0.25, -0.2) is 0 Å². The lowest BCUT2D eigenvalue weighted by molar-refractivity contribution is -0.137. The molecule has 0 aromatic heterocycles. The van der Waals surface area contributed by atoms with Gasteiger partial charge in [0.2, 0.25) is 0 Å². The fourth-order valence-corrected chi connectivity index (χ4v) is 1.81. The van der Waals surface area contributed by atoms with Crippen molar-refractivity contribution in [1.82, 2.24) is 0 Å². The van der Waals surface area contributed by atoms with Crippen LogP contribution in [-0.2, 0) is 11.2 Å². The number of hydrogen-bond acceptors (Lipinski definition) is 1. The van der Waals surface area contributed by atoms with Gasteiger partial charge >= 0.3 is 5.97 Å². The normalized spacial score (nSPS) is 10.0. The van der Waals surface area contributed by atoms with E-state index in [0.29, 0.717) is 0 Å². The predicted octanol–water partition coefficient (Wildman–Crippen LogP) is 3.91. The zero-order chi connectivity index (χ0) is 12.7. The number of benzene rings is 1. The van der Waals surface area contributed by atoms with Crippen molar-refractivity contribution in [3.8, 4) is 0 Å². The van der Waals surface area contributed by atoms with E-state index in [1.807, 2.05) is 12.1 Å². The maximum absolute atomic E-state index is 10.4. The highest BCUT2D eigenvalue weighted by atomic mass is 16.4. The van der Waals surface area contributed by atoms with Crippen LogP contribution in [0.25, 0.3) is 6.08 Å². The summed E-state index contributed by atoms with van der Waals surface area (Å²) in [5, 5.41) is 8.57. The highest BCUT2D eigenvalue weighted by Gasteiger charge is 2.01. The Labute approximate surface area is 103 Å². The number of allylic oxidation sites excluding steroid dienone is 1. The number of carboxylic acid groups (broad SMARTS) is 1. The van der Waals surface area contributed by atoms with Gasteiger partial charge in [-0.15, -0.1) is 0 Å². The first-order valence-electron chi connectivity index (χ1n) is 6.04. The lowest BCUT2D eigenvalue weighted by atomic mass is 10.00. The molecule has 0 atom stereocenters. The zero-order valence-electron chi connectivity index (χ0n) is 10.6. The van der Waals surface area contributed by atoms with Crippen molar-refractivity contribution in [1.29, 1.82) is 0 Å². The van der Waals surface area contributed by atoms with E-state index in [2.05, 4.69) is 32.1 Å². The van der Waals surface area contributed by atoms with Gasteiger partial charge in [0.15, 0.2) is 0 Å². The topological polar surface area (TPSA) is 37.3 Å². The van der Waals surface area contributed by atoms with Crippen molar-refractivity contribution >= 4 is 12.0 Å². The van der Waals surface area contributed by atoms with Gasteiger partial charge in [-0.3, -0.25) is 4.79 Å². The SMILES string of the molecule is CC(C)=Cc1ccccc1CCCCC(=O)O. The number of unbranched alkanes of at least 4 members (excludes halogenated alkanes) is 1. The van der Waals surface area contributed by atoms with Crippen LogP contribution in [0.15, 0.2) is 29.8 Å². The minimum atomic E-state index is -0.706. The Hall–Kier alpha value is -1.57. The third-order valence-corrected chi connectivity index (χ3v) is 2.59. The molecule has 2 heteroatoms. The molecule has 1 aromatic rings. The van der Waals surface area contributed by atoms with E-state index in [1.54, 1.807) is 0 Å². The molecule has 0 unspecified atom stereocenters. The first-order chi connectivity index (χ1) is 8.09. The van der Waals surface area contributed by atoms with Crippen LogP contribution in [0.3, 0.4) is 0 Å². The van der Waals surface area contributed by atoms with Crippen LogP contribution in [0.2, 0.25) is 0 Å². The van der Waals surface area contributed by atoms with Gasteiger partial charge in [0.1, 0.15) is 0 Å². The molecular weight excluding hydrogens is 212 g/mol. The minimum Gasteiger partial charge on any atom is -0.481 e. The van der Waals surface area contributed by atoms with E-state index in [0.717, 1.165) is 19.3 Å². The van der Waals surface area contributed by atoms with E-state index in [-0.39, 0.29) is 6.42 Å². The number of hydrogen-bond donors (Lipinski definition) is 1. The van der Waals surface area contributed by atoms with E-state index < -0.39 is 5.97 Å². The molecule has 1 aromatic carbocycles. The number of aliphatic carboxylic acids is 1. The van der Waals surface area contributed by atoms with E-state index in [9.17, 15) is 4.79 Å². The molecule has 0 heterocycles. The minimum absolute atomic E-state index is 0.269. The van der Waals surface area contributed by atoms with Crippen molar-refractivity contribution in [2.75, 3.05) is 0 Å². The third kappa shape index (κ3) is 5.34. The quantitative estimate of drug-likeness (QED) is 0.755. The number of carboxylic acids is 1. The van der Waals surface area contributed by atoms with Crippen molar-refractivity contribution in [2.45, 2.75) is 39.5 Å². The van der Waals surface area contributed by atoms with Crippen LogP contribution in [-0.4, -0.2) is 11.1 Å². The van der Waals surface area contributed by atoms with Crippen LogP contribution in [0, 0.1) is 0 Å². The van der Waals surface area contributed by atoms with Crippen LogP contribution in [0.5, 0.6) is 0 Å². The molecule has 0 bridgehead atoms. The van der Waals surface area contributed by atoms with E-state index in [4.69, 9.17) is 5.11 Å². The summed E-state index contributed by atoms with van der Waals surface area (Å²) in [5.74, 6) is -0.706. The molecule has 17 heavy (non-hydrogen) atoms. The number of carbonyl (C=O) groups is 1. The molecule has 0 aliphatic carbocycles. The van der Waals surface area contributed by atoms with Gasteiger partial charge in [-0.2, -0.15) is 0 Å². The first-order valence-corrected chi connectivity index (χ1v) is 6.04. The average molecular weight is 232 g/mol. The molecule has 0 spiro atoms. The van der Waals surface area contributed by atoms with Gasteiger partial charge in [0, 0.05) is 6.42 Å². The number of aryl methyl sites for hydroxylation is 1. The van der Waals surface area contributed by atoms with Gasteiger partial charge in [-0.05, 0) is 44.2 Å². The largest absolute Gasteiger partial charge is 0.481 e. The summed E-state index contributed by atoms with van der Waals surface area (Å²) in [6.07, 6.45) is 5.07. The van der Waals surface area contributed by atoms with Crippen LogP contribution in [0.4, 0.5) is 0 Å². The zero-order valence-corrected chi connectivity index (χ0v) is 10.6. The summed E-state index contributed by atoms with van der Waals surface area (Å²) in [6.45, 7) is 4.17. The molecule has 0 saturated heterocycles. The van der Waals surface area contributed by atoms with Crippen molar-refractivity contribution in [3.63, 3.8) is 0 Å². The molecule has 0 radical (unpaired) electrons. The maximum Gasteiger partial charge on any atom is 0.303 e.